The Hall–Kier alpha value is 1.10. The van der Waals surface area contributed by atoms with Gasteiger partial charge in [0.1, 0.15) is 0 Å². The monoisotopic (exact) mass is 211 g/mol. The average molecular weight is 212 g/mol. The molecule has 0 aromatic carbocycles. The molecule has 0 saturated carbocycles. The van der Waals surface area contributed by atoms with Crippen LogP contribution in [0.2, 0.25) is 0 Å². The van der Waals surface area contributed by atoms with Gasteiger partial charge in [0, 0.05) is 0 Å². The van der Waals surface area contributed by atoms with Crippen LogP contribution in [-0.2, 0) is 37.5 Å². The van der Waals surface area contributed by atoms with E-state index in [0.29, 0.717) is 0 Å². The minimum absolute atomic E-state index is 0. The van der Waals surface area contributed by atoms with Gasteiger partial charge in [-0.3, -0.25) is 0 Å². The number of rotatable bonds is 0. The third-order valence-corrected chi connectivity index (χ3v) is 0. The van der Waals surface area contributed by atoms with Gasteiger partial charge in [-0.1, -0.05) is 0 Å². The first-order chi connectivity index (χ1) is 2.00. The van der Waals surface area contributed by atoms with Crippen LogP contribution >= 0.6 is 7.82 Å². The summed E-state index contributed by atoms with van der Waals surface area (Å²) in [5.74, 6) is 0. The fraction of sp³-hybridized carbons (Fsp3) is 0. The van der Waals surface area contributed by atoms with Crippen LogP contribution in [0.4, 0.5) is 0 Å². The van der Waals surface area contributed by atoms with E-state index in [1.54, 1.807) is 0 Å². The van der Waals surface area contributed by atoms with Crippen molar-refractivity contribution in [2.75, 3.05) is 0 Å². The summed E-state index contributed by atoms with van der Waals surface area (Å²) in [6, 6.07) is 0. The maximum Gasteiger partial charge on any atom is 2.00 e. The Balaban J connectivity index is -0.0000000800. The van der Waals surface area contributed by atoms with Gasteiger partial charge in [-0.25, -0.2) is 0 Å². The van der Waals surface area contributed by atoms with Crippen LogP contribution in [0.3, 0.4) is 0 Å². The molecule has 0 aromatic heterocycles. The molecule has 0 aliphatic rings. The topological polar surface area (TPSA) is 86.2 Å². The van der Waals surface area contributed by atoms with Crippen molar-refractivity contribution in [3.8, 4) is 0 Å². The third kappa shape index (κ3) is 153. The zero-order valence-corrected chi connectivity index (χ0v) is 5.58. The summed E-state index contributed by atoms with van der Waals surface area (Å²) in [7, 11) is -5.39. The maximum absolute atomic E-state index is 8.55. The fourth-order valence-electron chi connectivity index (χ4n) is 0. The van der Waals surface area contributed by atoms with Crippen molar-refractivity contribution >= 4 is 7.82 Å². The molecule has 0 aliphatic heterocycles. The summed E-state index contributed by atoms with van der Waals surface area (Å²) in [5.41, 5.74) is 0. The molecule has 0 aromatic rings. The minimum atomic E-state index is -5.39. The summed E-state index contributed by atoms with van der Waals surface area (Å²) < 4.78 is 8.55. The summed E-state index contributed by atoms with van der Waals surface area (Å²) in [5, 5.41) is 0. The largest absolute Gasteiger partial charge is 2.00 e. The minimum Gasteiger partial charge on any atom is -0.822 e. The Kier molecular flexibility index (Phi) is 11.7. The van der Waals surface area contributed by atoms with Gasteiger partial charge in [-0.05, 0) is 0 Å². The first kappa shape index (κ1) is 15.7. The SMILES string of the molecule is O=P([O-])([O-])[O-].[Ni+2].[Ni+2]. The second kappa shape index (κ2) is 5.24. The third-order valence-electron chi connectivity index (χ3n) is 0. The van der Waals surface area contributed by atoms with Crippen molar-refractivity contribution in [2.45, 2.75) is 0 Å². The van der Waals surface area contributed by atoms with Crippen molar-refractivity contribution in [2.24, 2.45) is 0 Å². The molecular formula is Ni2O4P+. The van der Waals surface area contributed by atoms with Crippen LogP contribution < -0.4 is 14.7 Å². The maximum atomic E-state index is 8.55. The molecular weight excluding hydrogens is 212 g/mol. The van der Waals surface area contributed by atoms with E-state index in [9.17, 15) is 0 Å². The van der Waals surface area contributed by atoms with Gasteiger partial charge in [-0.15, -0.1) is 0 Å². The van der Waals surface area contributed by atoms with Crippen LogP contribution in [0.15, 0.2) is 0 Å². The van der Waals surface area contributed by atoms with Gasteiger partial charge < -0.3 is 19.2 Å². The van der Waals surface area contributed by atoms with Gasteiger partial charge in [0.25, 0.3) is 0 Å². The number of phosphoric acid groups is 1. The van der Waals surface area contributed by atoms with Crippen molar-refractivity contribution in [1.82, 2.24) is 0 Å². The van der Waals surface area contributed by atoms with E-state index in [1.165, 1.54) is 0 Å². The van der Waals surface area contributed by atoms with Crippen molar-refractivity contribution in [3.05, 3.63) is 0 Å². The van der Waals surface area contributed by atoms with E-state index in [-0.39, 0.29) is 33.0 Å². The Morgan fingerprint density at radius 3 is 1.00 bits per heavy atom. The first-order valence-electron chi connectivity index (χ1n) is 0.730. The molecule has 0 rings (SSSR count). The average Bonchev–Trinajstić information content (AvgIpc) is 0.722. The second-order valence-corrected chi connectivity index (χ2v) is 1.34. The van der Waals surface area contributed by atoms with Crippen LogP contribution in [0.1, 0.15) is 0 Å². The van der Waals surface area contributed by atoms with Crippen molar-refractivity contribution < 1.29 is 52.2 Å². The molecule has 0 N–H and O–H groups in total. The molecule has 0 radical (unpaired) electrons. The molecule has 0 fully saturated rings. The predicted molar refractivity (Wildman–Crippen MR) is 7.61 cm³/mol. The van der Waals surface area contributed by atoms with Crippen LogP contribution in [0, 0.1) is 0 Å². The summed E-state index contributed by atoms with van der Waals surface area (Å²) in [6.45, 7) is 0. The smallest absolute Gasteiger partial charge is 0.822 e. The Morgan fingerprint density at radius 2 is 1.00 bits per heavy atom. The summed E-state index contributed by atoms with van der Waals surface area (Å²) in [6.07, 6.45) is 0. The molecule has 0 amide bonds. The van der Waals surface area contributed by atoms with E-state index >= 15 is 0 Å². The normalized spacial score (nSPS) is 8.43. The molecule has 0 heterocycles. The van der Waals surface area contributed by atoms with E-state index in [0.717, 1.165) is 0 Å². The Labute approximate surface area is 60.4 Å². The molecule has 7 heteroatoms. The zero-order valence-electron chi connectivity index (χ0n) is 2.71. The van der Waals surface area contributed by atoms with Crippen molar-refractivity contribution in [1.29, 1.82) is 0 Å². The number of hydrogen-bond acceptors (Lipinski definition) is 4. The van der Waals surface area contributed by atoms with E-state index in [2.05, 4.69) is 0 Å². The standard InChI is InChI=1S/2Ni.H3O4P/c;;1-5(2,3)4/h;;(H3,1,2,3,4)/q2*+2;/p-3. The molecule has 7 heavy (non-hydrogen) atoms. The van der Waals surface area contributed by atoms with Crippen LogP contribution in [0.25, 0.3) is 0 Å². The summed E-state index contributed by atoms with van der Waals surface area (Å²) >= 11 is 0. The Bertz CT molecular complexity index is 55.8. The Morgan fingerprint density at radius 1 is 1.00 bits per heavy atom. The fourth-order valence-corrected chi connectivity index (χ4v) is 0. The summed E-state index contributed by atoms with van der Waals surface area (Å²) in [4.78, 5) is 25.6. The van der Waals surface area contributed by atoms with Crippen molar-refractivity contribution in [3.63, 3.8) is 0 Å². The molecule has 0 spiro atoms. The molecule has 0 bridgehead atoms. The molecule has 4 nitrogen and oxygen atoms in total. The van der Waals surface area contributed by atoms with Gasteiger partial charge in [0.05, 0.1) is 0 Å². The van der Waals surface area contributed by atoms with Gasteiger partial charge in [0.2, 0.25) is 0 Å². The van der Waals surface area contributed by atoms with E-state index < -0.39 is 7.82 Å². The zero-order chi connectivity index (χ0) is 4.50. The van der Waals surface area contributed by atoms with Crippen LogP contribution in [-0.4, -0.2) is 0 Å². The molecule has 0 aliphatic carbocycles. The van der Waals surface area contributed by atoms with Gasteiger partial charge in [-0.2, -0.15) is 7.82 Å². The van der Waals surface area contributed by atoms with E-state index in [1.807, 2.05) is 0 Å². The first-order valence-corrected chi connectivity index (χ1v) is 2.19. The molecule has 0 unspecified atom stereocenters. The quantitative estimate of drug-likeness (QED) is 0.320. The molecule has 48 valence electrons. The van der Waals surface area contributed by atoms with E-state index in [4.69, 9.17) is 19.2 Å². The van der Waals surface area contributed by atoms with Crippen LogP contribution in [0.5, 0.6) is 0 Å². The predicted octanol–water partition coefficient (Wildman–Crippen LogP) is -2.83. The van der Waals surface area contributed by atoms with Gasteiger partial charge in [0.15, 0.2) is 0 Å². The number of hydrogen-bond donors (Lipinski definition) is 0. The molecule has 0 saturated heterocycles. The second-order valence-electron chi connectivity index (χ2n) is 0.447. The molecule has 0 atom stereocenters. The van der Waals surface area contributed by atoms with Gasteiger partial charge >= 0.3 is 33.0 Å².